The van der Waals surface area contributed by atoms with E-state index in [0.717, 1.165) is 16.0 Å². The summed E-state index contributed by atoms with van der Waals surface area (Å²) in [6.45, 7) is 2.03. The van der Waals surface area contributed by atoms with Crippen LogP contribution in [0.5, 0.6) is 0 Å². The van der Waals surface area contributed by atoms with Crippen LogP contribution in [0.4, 0.5) is 4.39 Å². The predicted molar refractivity (Wildman–Crippen MR) is 113 cm³/mol. The molecule has 10 heteroatoms. The summed E-state index contributed by atoms with van der Waals surface area (Å²) >= 11 is 1.26. The lowest BCUT2D eigenvalue weighted by Crippen LogP contribution is -2.55. The Morgan fingerprint density at radius 1 is 1.10 bits per heavy atom. The fraction of sp³-hybridized carbons (Fsp3) is 0.400. The van der Waals surface area contributed by atoms with Gasteiger partial charge in [-0.15, -0.1) is 0 Å². The van der Waals surface area contributed by atoms with Crippen LogP contribution in [-0.4, -0.2) is 36.4 Å². The molecule has 1 saturated heterocycles. The number of aryl methyl sites for hydroxylation is 1. The highest BCUT2D eigenvalue weighted by Gasteiger charge is 2.47. The summed E-state index contributed by atoms with van der Waals surface area (Å²) in [5.41, 5.74) is 18.9. The van der Waals surface area contributed by atoms with Crippen molar-refractivity contribution in [1.29, 1.82) is 0 Å². The van der Waals surface area contributed by atoms with E-state index in [4.69, 9.17) is 20.5 Å². The first-order chi connectivity index (χ1) is 14.6. The van der Waals surface area contributed by atoms with E-state index in [0.29, 0.717) is 0 Å². The van der Waals surface area contributed by atoms with E-state index in [9.17, 15) is 0 Å². The largest absolute Gasteiger partial charge is 0.368 e. The second kappa shape index (κ2) is 10.9. The lowest BCUT2D eigenvalue weighted by molar-refractivity contribution is -0.157. The molecule has 0 N–H and O–H groups in total. The zero-order valence-electron chi connectivity index (χ0n) is 16.3. The van der Waals surface area contributed by atoms with Gasteiger partial charge in [0.15, 0.2) is 0 Å². The summed E-state index contributed by atoms with van der Waals surface area (Å²) in [5, 5.41) is 7.21. The van der Waals surface area contributed by atoms with Gasteiger partial charge in [-0.2, -0.15) is 0 Å². The number of azide groups is 2. The summed E-state index contributed by atoms with van der Waals surface area (Å²) in [6.07, 6.45) is -3.48. The van der Waals surface area contributed by atoms with Crippen LogP contribution in [0.2, 0.25) is 0 Å². The summed E-state index contributed by atoms with van der Waals surface area (Å²) in [6, 6.07) is 15.9. The van der Waals surface area contributed by atoms with Crippen LogP contribution in [0.25, 0.3) is 20.9 Å². The molecule has 3 rings (SSSR count). The summed E-state index contributed by atoms with van der Waals surface area (Å²) in [5.74, 6) is 0. The Morgan fingerprint density at radius 3 is 2.50 bits per heavy atom. The number of hydrogen-bond acceptors (Lipinski definition) is 5. The number of halogens is 1. The normalized spacial score (nSPS) is 25.7. The average Bonchev–Trinajstić information content (AvgIpc) is 2.76. The van der Waals surface area contributed by atoms with Gasteiger partial charge in [0, 0.05) is 14.7 Å². The molecule has 8 nitrogen and oxygen atoms in total. The van der Waals surface area contributed by atoms with Gasteiger partial charge in [-0.3, -0.25) is 0 Å². The van der Waals surface area contributed by atoms with Gasteiger partial charge in [-0.05, 0) is 35.7 Å². The molecule has 0 bridgehead atoms. The number of rotatable bonds is 8. The zero-order valence-corrected chi connectivity index (χ0v) is 17.1. The highest BCUT2D eigenvalue weighted by atomic mass is 32.2. The Hall–Kier alpha value is -2.74. The number of thioether (sulfide) groups is 1. The lowest BCUT2D eigenvalue weighted by atomic mass is 9.99. The third kappa shape index (κ3) is 5.66. The molecule has 1 aliphatic rings. The molecule has 1 heterocycles. The van der Waals surface area contributed by atoms with E-state index >= 15 is 4.39 Å². The topological polar surface area (TPSA) is 116 Å². The minimum atomic E-state index is -1.62. The van der Waals surface area contributed by atoms with Crippen molar-refractivity contribution in [3.05, 3.63) is 86.6 Å². The van der Waals surface area contributed by atoms with Crippen LogP contribution >= 0.6 is 11.8 Å². The van der Waals surface area contributed by atoms with Crippen molar-refractivity contribution in [2.24, 2.45) is 10.2 Å². The molecule has 1 unspecified atom stereocenters. The molecular formula is C20H21FN6O2S. The Labute approximate surface area is 177 Å². The molecule has 0 radical (unpaired) electrons. The van der Waals surface area contributed by atoms with Gasteiger partial charge in [-0.1, -0.05) is 70.0 Å². The minimum Gasteiger partial charge on any atom is -0.368 e. The van der Waals surface area contributed by atoms with Gasteiger partial charge in [0.25, 0.3) is 0 Å². The van der Waals surface area contributed by atoms with Crippen molar-refractivity contribution in [2.75, 3.05) is 6.54 Å². The van der Waals surface area contributed by atoms with E-state index in [2.05, 4.69) is 20.1 Å². The van der Waals surface area contributed by atoms with Gasteiger partial charge in [0.1, 0.15) is 23.8 Å². The zero-order chi connectivity index (χ0) is 21.3. The van der Waals surface area contributed by atoms with Gasteiger partial charge in [-0.25, -0.2) is 4.39 Å². The molecule has 2 aromatic carbocycles. The Morgan fingerprint density at radius 2 is 1.83 bits per heavy atom. The van der Waals surface area contributed by atoms with Crippen LogP contribution in [-0.2, 0) is 16.1 Å². The van der Waals surface area contributed by atoms with Gasteiger partial charge >= 0.3 is 0 Å². The third-order valence-electron chi connectivity index (χ3n) is 4.66. The van der Waals surface area contributed by atoms with Crippen molar-refractivity contribution in [2.45, 2.75) is 48.3 Å². The minimum absolute atomic E-state index is 0.0929. The second-order valence-corrected chi connectivity index (χ2v) is 7.96. The molecule has 0 amide bonds. The van der Waals surface area contributed by atoms with Crippen LogP contribution in [0.15, 0.2) is 69.7 Å². The SMILES string of the molecule is Cc1ccc(S[C@H]2O[C@H](CN=[N+]=[N-])[C@@H](OCc3ccccc3)[C@H](F)C2N=[N+]=[N-])cc1. The quantitative estimate of drug-likeness (QED) is 0.304. The van der Waals surface area contributed by atoms with Crippen molar-refractivity contribution < 1.29 is 13.9 Å². The first-order valence-corrected chi connectivity index (χ1v) is 10.2. The Kier molecular flexibility index (Phi) is 7.96. The van der Waals surface area contributed by atoms with E-state index < -0.39 is 29.9 Å². The van der Waals surface area contributed by atoms with Gasteiger partial charge < -0.3 is 9.47 Å². The number of benzene rings is 2. The maximum absolute atomic E-state index is 15.5. The highest BCUT2D eigenvalue weighted by molar-refractivity contribution is 7.99. The monoisotopic (exact) mass is 428 g/mol. The first-order valence-electron chi connectivity index (χ1n) is 9.36. The molecule has 30 heavy (non-hydrogen) atoms. The molecule has 156 valence electrons. The van der Waals surface area contributed by atoms with Crippen LogP contribution in [0.1, 0.15) is 11.1 Å². The van der Waals surface area contributed by atoms with Crippen molar-refractivity contribution in [3.63, 3.8) is 0 Å². The molecule has 2 aromatic rings. The van der Waals surface area contributed by atoms with E-state index in [1.807, 2.05) is 61.5 Å². The van der Waals surface area contributed by atoms with E-state index in [1.54, 1.807) is 0 Å². The summed E-state index contributed by atoms with van der Waals surface area (Å²) in [4.78, 5) is 6.42. The summed E-state index contributed by atoms with van der Waals surface area (Å²) in [7, 11) is 0. The van der Waals surface area contributed by atoms with Crippen molar-refractivity contribution in [3.8, 4) is 0 Å². The standard InChI is InChI=1S/C20H21FN6O2S/c1-13-7-9-15(10-8-13)30-20-18(25-27-23)17(21)19(16(29-20)11-24-26-22)28-12-14-5-3-2-4-6-14/h2-10,16-20H,11-12H2,1H3/t16-,17-,18?,19-,20-/m1/s1. The highest BCUT2D eigenvalue weighted by Crippen LogP contribution is 2.37. The number of alkyl halides is 1. The van der Waals surface area contributed by atoms with Crippen LogP contribution < -0.4 is 0 Å². The molecule has 1 aliphatic heterocycles. The fourth-order valence-corrected chi connectivity index (χ4v) is 4.24. The van der Waals surface area contributed by atoms with Crippen LogP contribution in [0.3, 0.4) is 0 Å². The molecule has 0 saturated carbocycles. The Balaban J connectivity index is 1.81. The van der Waals surface area contributed by atoms with Gasteiger partial charge in [0.2, 0.25) is 0 Å². The van der Waals surface area contributed by atoms with Crippen molar-refractivity contribution in [1.82, 2.24) is 0 Å². The number of ether oxygens (including phenoxy) is 2. The molecule has 5 atom stereocenters. The number of hydrogen-bond donors (Lipinski definition) is 0. The molecule has 0 aromatic heterocycles. The second-order valence-electron chi connectivity index (χ2n) is 6.79. The van der Waals surface area contributed by atoms with Crippen molar-refractivity contribution >= 4 is 11.8 Å². The smallest absolute Gasteiger partial charge is 0.141 e. The average molecular weight is 428 g/mol. The first kappa shape index (κ1) is 22.0. The van der Waals surface area contributed by atoms with E-state index in [-0.39, 0.29) is 13.2 Å². The lowest BCUT2D eigenvalue weighted by Gasteiger charge is -2.41. The number of nitrogens with zero attached hydrogens (tertiary/aromatic N) is 6. The molecule has 0 spiro atoms. The maximum atomic E-state index is 15.5. The summed E-state index contributed by atoms with van der Waals surface area (Å²) < 4.78 is 27.3. The maximum Gasteiger partial charge on any atom is 0.141 e. The predicted octanol–water partition coefficient (Wildman–Crippen LogP) is 5.72. The third-order valence-corrected chi connectivity index (χ3v) is 5.83. The Bertz CT molecular complexity index is 917. The van der Waals surface area contributed by atoms with Crippen LogP contribution in [0, 0.1) is 6.92 Å². The van der Waals surface area contributed by atoms with E-state index in [1.165, 1.54) is 11.8 Å². The fourth-order valence-electron chi connectivity index (χ4n) is 3.14. The molecule has 1 fully saturated rings. The van der Waals surface area contributed by atoms with Gasteiger partial charge in [0.05, 0.1) is 19.3 Å². The molecule has 0 aliphatic carbocycles. The molecular weight excluding hydrogens is 407 g/mol.